The molecule has 1 atom stereocenters. The Labute approximate surface area is 98.1 Å². The van der Waals surface area contributed by atoms with E-state index < -0.39 is 0 Å². The van der Waals surface area contributed by atoms with Crippen molar-refractivity contribution in [3.8, 4) is 0 Å². The van der Waals surface area contributed by atoms with E-state index in [1.54, 1.807) is 0 Å². The Kier molecular flexibility index (Phi) is 5.29. The van der Waals surface area contributed by atoms with Crippen LogP contribution in [0.2, 0.25) is 0 Å². The zero-order valence-electron chi connectivity index (χ0n) is 10.4. The molecule has 1 rings (SSSR count). The summed E-state index contributed by atoms with van der Waals surface area (Å²) in [5, 5.41) is 12.6. The fourth-order valence-corrected chi connectivity index (χ4v) is 1.44. The molecule has 0 bridgehead atoms. The van der Waals surface area contributed by atoms with Gasteiger partial charge in [-0.25, -0.2) is 0 Å². The highest BCUT2D eigenvalue weighted by atomic mass is 16.3. The second-order valence-electron chi connectivity index (χ2n) is 4.25. The summed E-state index contributed by atoms with van der Waals surface area (Å²) in [6.45, 7) is 3.45. The van der Waals surface area contributed by atoms with Gasteiger partial charge in [-0.05, 0) is 24.1 Å². The summed E-state index contributed by atoms with van der Waals surface area (Å²) in [6.07, 6.45) is 0.563. The van der Waals surface area contributed by atoms with E-state index in [4.69, 9.17) is 0 Å². The van der Waals surface area contributed by atoms with Crippen molar-refractivity contribution in [3.05, 3.63) is 29.8 Å². The third kappa shape index (κ3) is 4.21. The lowest BCUT2D eigenvalue weighted by Crippen LogP contribution is -2.25. The number of benzene rings is 1. The van der Waals surface area contributed by atoms with Crippen molar-refractivity contribution in [1.29, 1.82) is 0 Å². The van der Waals surface area contributed by atoms with Crippen LogP contribution >= 0.6 is 0 Å². The van der Waals surface area contributed by atoms with Crippen LogP contribution in [0.15, 0.2) is 24.3 Å². The van der Waals surface area contributed by atoms with Gasteiger partial charge in [0.2, 0.25) is 0 Å². The Morgan fingerprint density at radius 3 is 2.38 bits per heavy atom. The smallest absolute Gasteiger partial charge is 0.0662 e. The minimum absolute atomic E-state index is 0.235. The molecule has 0 radical (unpaired) electrons. The van der Waals surface area contributed by atoms with Crippen LogP contribution in [-0.2, 0) is 6.54 Å². The fraction of sp³-hybridized carbons (Fsp3) is 0.538. The van der Waals surface area contributed by atoms with Crippen LogP contribution in [0.4, 0.5) is 5.69 Å². The first-order valence-electron chi connectivity index (χ1n) is 5.78. The third-order valence-corrected chi connectivity index (χ3v) is 2.63. The van der Waals surface area contributed by atoms with Crippen molar-refractivity contribution in [1.82, 2.24) is 5.32 Å². The molecule has 0 saturated heterocycles. The molecule has 0 aliphatic rings. The van der Waals surface area contributed by atoms with Gasteiger partial charge in [0.15, 0.2) is 0 Å². The number of aliphatic hydroxyl groups is 1. The summed E-state index contributed by atoms with van der Waals surface area (Å²) in [4.78, 5) is 2.08. The summed E-state index contributed by atoms with van der Waals surface area (Å²) >= 11 is 0. The molecule has 0 saturated carbocycles. The highest BCUT2D eigenvalue weighted by molar-refractivity contribution is 5.45. The molecule has 2 N–H and O–H groups in total. The highest BCUT2D eigenvalue weighted by Gasteiger charge is 2.00. The van der Waals surface area contributed by atoms with Crippen molar-refractivity contribution in [2.75, 3.05) is 25.5 Å². The van der Waals surface area contributed by atoms with Gasteiger partial charge in [0.1, 0.15) is 0 Å². The van der Waals surface area contributed by atoms with Gasteiger partial charge in [0, 0.05) is 32.9 Å². The minimum Gasteiger partial charge on any atom is -0.392 e. The first-order chi connectivity index (χ1) is 7.63. The summed E-state index contributed by atoms with van der Waals surface area (Å²) in [5.74, 6) is 0. The molecule has 1 aromatic carbocycles. The number of nitrogens with zero attached hydrogens (tertiary/aromatic N) is 1. The molecule has 0 aliphatic heterocycles. The predicted octanol–water partition coefficient (Wildman–Crippen LogP) is 1.61. The first-order valence-corrected chi connectivity index (χ1v) is 5.78. The molecule has 16 heavy (non-hydrogen) atoms. The fourth-order valence-electron chi connectivity index (χ4n) is 1.44. The first kappa shape index (κ1) is 13.0. The van der Waals surface area contributed by atoms with Gasteiger partial charge in [-0.3, -0.25) is 0 Å². The molecule has 1 unspecified atom stereocenters. The molecule has 0 heterocycles. The molecular formula is C13H22N2O. The SMILES string of the molecule is CCC(O)CNCc1ccc(N(C)C)cc1. The molecule has 0 aliphatic carbocycles. The largest absolute Gasteiger partial charge is 0.392 e. The summed E-state index contributed by atoms with van der Waals surface area (Å²) in [7, 11) is 4.07. The van der Waals surface area contributed by atoms with Crippen LogP contribution < -0.4 is 10.2 Å². The molecule has 0 spiro atoms. The molecule has 0 fully saturated rings. The lowest BCUT2D eigenvalue weighted by atomic mass is 10.2. The zero-order chi connectivity index (χ0) is 12.0. The number of rotatable bonds is 6. The van der Waals surface area contributed by atoms with Gasteiger partial charge < -0.3 is 15.3 Å². The molecule has 0 aromatic heterocycles. The highest BCUT2D eigenvalue weighted by Crippen LogP contribution is 2.11. The second kappa shape index (κ2) is 6.51. The van der Waals surface area contributed by atoms with Crippen LogP contribution in [0.5, 0.6) is 0 Å². The van der Waals surface area contributed by atoms with Crippen LogP contribution in [0, 0.1) is 0 Å². The van der Waals surface area contributed by atoms with E-state index in [1.807, 2.05) is 21.0 Å². The lowest BCUT2D eigenvalue weighted by molar-refractivity contribution is 0.167. The van der Waals surface area contributed by atoms with Crippen LogP contribution in [0.3, 0.4) is 0 Å². The van der Waals surface area contributed by atoms with Gasteiger partial charge in [-0.1, -0.05) is 19.1 Å². The Morgan fingerprint density at radius 2 is 1.88 bits per heavy atom. The molecular weight excluding hydrogens is 200 g/mol. The quantitative estimate of drug-likeness (QED) is 0.767. The zero-order valence-corrected chi connectivity index (χ0v) is 10.4. The maximum absolute atomic E-state index is 9.38. The Hall–Kier alpha value is -1.06. The third-order valence-electron chi connectivity index (χ3n) is 2.63. The monoisotopic (exact) mass is 222 g/mol. The standard InChI is InChI=1S/C13H22N2O/c1-4-13(16)10-14-9-11-5-7-12(8-6-11)15(2)3/h5-8,13-14,16H,4,9-10H2,1-3H3. The molecule has 1 aromatic rings. The van der Waals surface area contributed by atoms with Crippen LogP contribution in [0.25, 0.3) is 0 Å². The number of hydrogen-bond acceptors (Lipinski definition) is 3. The van der Waals surface area contributed by atoms with Crippen LogP contribution in [-0.4, -0.2) is 31.9 Å². The molecule has 3 nitrogen and oxygen atoms in total. The lowest BCUT2D eigenvalue weighted by Gasteiger charge is -2.13. The van der Waals surface area contributed by atoms with E-state index in [2.05, 4.69) is 34.5 Å². The van der Waals surface area contributed by atoms with E-state index in [-0.39, 0.29) is 6.10 Å². The van der Waals surface area contributed by atoms with Crippen molar-refractivity contribution in [2.45, 2.75) is 26.0 Å². The number of aliphatic hydroxyl groups excluding tert-OH is 1. The summed E-state index contributed by atoms with van der Waals surface area (Å²) in [6, 6.07) is 8.43. The maximum Gasteiger partial charge on any atom is 0.0662 e. The van der Waals surface area contributed by atoms with E-state index >= 15 is 0 Å². The topological polar surface area (TPSA) is 35.5 Å². The normalized spacial score (nSPS) is 12.5. The Morgan fingerprint density at radius 1 is 1.25 bits per heavy atom. The molecule has 0 amide bonds. The maximum atomic E-state index is 9.38. The summed E-state index contributed by atoms with van der Waals surface area (Å²) in [5.41, 5.74) is 2.45. The van der Waals surface area contributed by atoms with Gasteiger partial charge in [-0.15, -0.1) is 0 Å². The van der Waals surface area contributed by atoms with E-state index in [0.29, 0.717) is 6.54 Å². The summed E-state index contributed by atoms with van der Waals surface area (Å²) < 4.78 is 0. The van der Waals surface area contributed by atoms with E-state index in [9.17, 15) is 5.11 Å². The van der Waals surface area contributed by atoms with Crippen molar-refractivity contribution in [3.63, 3.8) is 0 Å². The average Bonchev–Trinajstić information content (AvgIpc) is 2.29. The van der Waals surface area contributed by atoms with E-state index in [1.165, 1.54) is 11.3 Å². The van der Waals surface area contributed by atoms with Gasteiger partial charge in [-0.2, -0.15) is 0 Å². The number of nitrogens with one attached hydrogen (secondary N) is 1. The Balaban J connectivity index is 2.38. The second-order valence-corrected chi connectivity index (χ2v) is 4.25. The van der Waals surface area contributed by atoms with Crippen molar-refractivity contribution in [2.24, 2.45) is 0 Å². The average molecular weight is 222 g/mol. The predicted molar refractivity (Wildman–Crippen MR) is 68.8 cm³/mol. The van der Waals surface area contributed by atoms with Gasteiger partial charge in [0.25, 0.3) is 0 Å². The number of anilines is 1. The van der Waals surface area contributed by atoms with Crippen molar-refractivity contribution < 1.29 is 5.11 Å². The number of hydrogen-bond donors (Lipinski definition) is 2. The molecule has 90 valence electrons. The van der Waals surface area contributed by atoms with E-state index in [0.717, 1.165) is 13.0 Å². The Bertz CT molecular complexity index is 295. The minimum atomic E-state index is -0.235. The van der Waals surface area contributed by atoms with Gasteiger partial charge in [0.05, 0.1) is 6.10 Å². The van der Waals surface area contributed by atoms with Gasteiger partial charge >= 0.3 is 0 Å². The van der Waals surface area contributed by atoms with Crippen molar-refractivity contribution >= 4 is 5.69 Å². The molecule has 3 heteroatoms. The van der Waals surface area contributed by atoms with Crippen LogP contribution in [0.1, 0.15) is 18.9 Å².